The maximum absolute atomic E-state index is 15.1. The van der Waals surface area contributed by atoms with E-state index in [1.54, 1.807) is 12.1 Å². The SMILES string of the molecule is C[C@@H]1CN(c2nc(-c3ccc(Cl)cc3F)c3sc(N(C)CCO)nc3n2)C[C@H](C2C=NN(C3CC3)C2)O1. The van der Waals surface area contributed by atoms with Gasteiger partial charge >= 0.3 is 0 Å². The van der Waals surface area contributed by atoms with E-state index in [1.807, 2.05) is 25.1 Å². The Morgan fingerprint density at radius 3 is 2.81 bits per heavy atom. The molecule has 1 aromatic carbocycles. The first-order chi connectivity index (χ1) is 17.9. The number of aliphatic hydroxyl groups is 1. The molecule has 1 aliphatic carbocycles. The second-order valence-corrected chi connectivity index (χ2v) is 11.4. The Morgan fingerprint density at radius 1 is 1.22 bits per heavy atom. The third-order valence-corrected chi connectivity index (χ3v) is 8.40. The van der Waals surface area contributed by atoms with Crippen LogP contribution in [-0.4, -0.2) is 89.4 Å². The molecule has 1 N–H and O–H groups in total. The van der Waals surface area contributed by atoms with Crippen LogP contribution in [0.25, 0.3) is 21.6 Å². The molecule has 4 heterocycles. The van der Waals surface area contributed by atoms with Crippen LogP contribution < -0.4 is 9.80 Å². The number of thiazole rings is 1. The molecule has 37 heavy (non-hydrogen) atoms. The molecule has 6 rings (SSSR count). The summed E-state index contributed by atoms with van der Waals surface area (Å²) in [5, 5.41) is 17.2. The monoisotopic (exact) mass is 545 g/mol. The lowest BCUT2D eigenvalue weighted by molar-refractivity contribution is -0.0346. The number of hydrazone groups is 1. The first kappa shape index (κ1) is 24.7. The minimum Gasteiger partial charge on any atom is -0.395 e. The van der Waals surface area contributed by atoms with Crippen molar-refractivity contribution < 1.29 is 14.2 Å². The number of morpholine rings is 1. The van der Waals surface area contributed by atoms with Crippen molar-refractivity contribution in [2.45, 2.75) is 38.0 Å². The number of rotatable bonds is 7. The lowest BCUT2D eigenvalue weighted by Crippen LogP contribution is -2.51. The van der Waals surface area contributed by atoms with Crippen molar-refractivity contribution in [2.24, 2.45) is 11.0 Å². The van der Waals surface area contributed by atoms with Crippen molar-refractivity contribution in [2.75, 3.05) is 49.6 Å². The Bertz CT molecular complexity index is 1340. The van der Waals surface area contributed by atoms with E-state index in [4.69, 9.17) is 31.3 Å². The Balaban J connectivity index is 1.37. The highest BCUT2D eigenvalue weighted by molar-refractivity contribution is 7.22. The number of likely N-dealkylation sites (N-methyl/N-ethyl adjacent to an activating group) is 1. The molecule has 3 aliphatic rings. The minimum atomic E-state index is -0.451. The average Bonchev–Trinajstić information content (AvgIpc) is 3.43. The Kier molecular flexibility index (Phi) is 6.64. The Hall–Kier alpha value is -2.60. The van der Waals surface area contributed by atoms with Crippen molar-refractivity contribution >= 4 is 50.6 Å². The molecule has 0 spiro atoms. The molecule has 3 atom stereocenters. The Morgan fingerprint density at radius 2 is 2.05 bits per heavy atom. The van der Waals surface area contributed by atoms with E-state index in [1.165, 1.54) is 30.2 Å². The van der Waals surface area contributed by atoms with Gasteiger partial charge in [-0.1, -0.05) is 22.9 Å². The first-order valence-electron chi connectivity index (χ1n) is 12.6. The van der Waals surface area contributed by atoms with Crippen molar-refractivity contribution in [1.82, 2.24) is 20.0 Å². The molecular formula is C25H29ClFN7O2S. The molecular weight excluding hydrogens is 517 g/mol. The zero-order valence-electron chi connectivity index (χ0n) is 20.7. The highest BCUT2D eigenvalue weighted by atomic mass is 35.5. The van der Waals surface area contributed by atoms with Crippen LogP contribution in [0.3, 0.4) is 0 Å². The van der Waals surface area contributed by atoms with Crippen LogP contribution in [0.15, 0.2) is 23.3 Å². The molecule has 1 unspecified atom stereocenters. The lowest BCUT2D eigenvalue weighted by Gasteiger charge is -2.38. The van der Waals surface area contributed by atoms with Gasteiger partial charge in [0.15, 0.2) is 10.8 Å². The predicted molar refractivity (Wildman–Crippen MR) is 144 cm³/mol. The number of aromatic nitrogens is 3. The first-order valence-corrected chi connectivity index (χ1v) is 13.8. The number of hydrogen-bond acceptors (Lipinski definition) is 10. The zero-order valence-corrected chi connectivity index (χ0v) is 22.3. The van der Waals surface area contributed by atoms with Gasteiger partial charge in [-0.25, -0.2) is 9.37 Å². The van der Waals surface area contributed by atoms with Gasteiger partial charge < -0.3 is 19.6 Å². The second kappa shape index (κ2) is 9.94. The predicted octanol–water partition coefficient (Wildman–Crippen LogP) is 3.65. The van der Waals surface area contributed by atoms with Crippen LogP contribution in [0.4, 0.5) is 15.5 Å². The topological polar surface area (TPSA) is 90.2 Å². The quantitative estimate of drug-likeness (QED) is 0.481. The van der Waals surface area contributed by atoms with E-state index in [0.29, 0.717) is 63.4 Å². The molecule has 12 heteroatoms. The summed E-state index contributed by atoms with van der Waals surface area (Å²) in [5.74, 6) is 0.237. The third-order valence-electron chi connectivity index (χ3n) is 7.00. The minimum absolute atomic E-state index is 0.00226. The van der Waals surface area contributed by atoms with Crippen LogP contribution >= 0.6 is 22.9 Å². The van der Waals surface area contributed by atoms with Gasteiger partial charge in [-0.05, 0) is 38.0 Å². The van der Waals surface area contributed by atoms with Crippen molar-refractivity contribution in [3.05, 3.63) is 29.0 Å². The highest BCUT2D eigenvalue weighted by Crippen LogP contribution is 2.38. The number of benzene rings is 1. The molecule has 0 radical (unpaired) electrons. The molecule has 0 amide bonds. The van der Waals surface area contributed by atoms with Crippen LogP contribution in [0.5, 0.6) is 0 Å². The van der Waals surface area contributed by atoms with Crippen LogP contribution in [0, 0.1) is 11.7 Å². The lowest BCUT2D eigenvalue weighted by atomic mass is 10.0. The smallest absolute Gasteiger partial charge is 0.228 e. The van der Waals surface area contributed by atoms with E-state index in [9.17, 15) is 5.11 Å². The fraction of sp³-hybridized carbons (Fsp3) is 0.520. The average molecular weight is 546 g/mol. The fourth-order valence-electron chi connectivity index (χ4n) is 4.91. The molecule has 2 fully saturated rings. The second-order valence-electron chi connectivity index (χ2n) is 9.96. The normalized spacial score (nSPS) is 23.9. The number of fused-ring (bicyclic) bond motifs is 1. The summed E-state index contributed by atoms with van der Waals surface area (Å²) in [7, 11) is 1.85. The molecule has 196 valence electrons. The summed E-state index contributed by atoms with van der Waals surface area (Å²) in [6.07, 6.45) is 4.35. The number of anilines is 2. The van der Waals surface area contributed by atoms with Crippen LogP contribution in [-0.2, 0) is 4.74 Å². The van der Waals surface area contributed by atoms with Crippen molar-refractivity contribution in [1.29, 1.82) is 0 Å². The van der Waals surface area contributed by atoms with Gasteiger partial charge in [0.1, 0.15) is 10.5 Å². The zero-order chi connectivity index (χ0) is 25.7. The van der Waals surface area contributed by atoms with Gasteiger partial charge in [-0.15, -0.1) is 0 Å². The van der Waals surface area contributed by atoms with Crippen molar-refractivity contribution in [3.8, 4) is 11.3 Å². The number of nitrogens with zero attached hydrogens (tertiary/aromatic N) is 7. The maximum atomic E-state index is 15.1. The molecule has 9 nitrogen and oxygen atoms in total. The largest absolute Gasteiger partial charge is 0.395 e. The summed E-state index contributed by atoms with van der Waals surface area (Å²) in [6.45, 7) is 4.56. The summed E-state index contributed by atoms with van der Waals surface area (Å²) in [6, 6.07) is 5.17. The summed E-state index contributed by atoms with van der Waals surface area (Å²) < 4.78 is 22.1. The van der Waals surface area contributed by atoms with Crippen molar-refractivity contribution in [3.63, 3.8) is 0 Å². The highest BCUT2D eigenvalue weighted by Gasteiger charge is 2.39. The van der Waals surface area contributed by atoms with E-state index in [2.05, 4.69) is 15.0 Å². The fourth-order valence-corrected chi connectivity index (χ4v) is 6.07. The van der Waals surface area contributed by atoms with Gasteiger partial charge in [-0.3, -0.25) is 5.01 Å². The molecule has 1 saturated carbocycles. The Labute approximate surface area is 223 Å². The number of ether oxygens (including phenoxy) is 1. The van der Waals surface area contributed by atoms with Crippen LogP contribution in [0.1, 0.15) is 19.8 Å². The molecule has 0 bridgehead atoms. The molecule has 1 saturated heterocycles. The molecule has 3 aromatic rings. The molecule has 2 aliphatic heterocycles. The summed E-state index contributed by atoms with van der Waals surface area (Å²) in [4.78, 5) is 18.4. The van der Waals surface area contributed by atoms with Gasteiger partial charge in [0.25, 0.3) is 0 Å². The van der Waals surface area contributed by atoms with E-state index < -0.39 is 5.82 Å². The van der Waals surface area contributed by atoms with E-state index >= 15 is 4.39 Å². The van der Waals surface area contributed by atoms with Gasteiger partial charge in [0, 0.05) is 62.0 Å². The van der Waals surface area contributed by atoms with Gasteiger partial charge in [0.2, 0.25) is 5.95 Å². The summed E-state index contributed by atoms with van der Waals surface area (Å²) in [5.41, 5.74) is 1.32. The molecule has 2 aromatic heterocycles. The van der Waals surface area contributed by atoms with Gasteiger partial charge in [-0.2, -0.15) is 15.1 Å². The van der Waals surface area contributed by atoms with E-state index in [0.717, 1.165) is 6.54 Å². The number of aliphatic hydroxyl groups excluding tert-OH is 1. The van der Waals surface area contributed by atoms with Gasteiger partial charge in [0.05, 0.1) is 24.5 Å². The third kappa shape index (κ3) is 4.97. The maximum Gasteiger partial charge on any atom is 0.228 e. The van der Waals surface area contributed by atoms with Crippen LogP contribution in [0.2, 0.25) is 5.02 Å². The summed E-state index contributed by atoms with van der Waals surface area (Å²) >= 11 is 7.41. The number of halogens is 2. The van der Waals surface area contributed by atoms with E-state index in [-0.39, 0.29) is 24.7 Å². The standard InChI is InChI=1S/C25H29ClFN7O2S/c1-14-11-33(13-20(36-14)15-10-28-34(12-15)17-4-5-17)24-29-21(18-6-3-16(26)9-19(18)27)22-23(30-24)31-25(37-22)32(2)7-8-35/h3,6,9-10,14-15,17,20,35H,4-5,7-8,11-13H2,1-2H3/t14-,15?,20-/m1/s1. The number of hydrogen-bond donors (Lipinski definition) is 1.